The average molecular weight is 1050 g/mol. The highest BCUT2D eigenvalue weighted by molar-refractivity contribution is 6.74. The maximum absolute atomic E-state index is 4.24. The Kier molecular flexibility index (Phi) is 10.8. The summed E-state index contributed by atoms with van der Waals surface area (Å²) in [7, 11) is 0.811. The normalized spacial score (nSPS) is 17.2. The van der Waals surface area contributed by atoms with Crippen LogP contribution in [0.5, 0.6) is 0 Å². The Bertz CT molecular complexity index is 4400. The molecule has 81 heavy (non-hydrogen) atoms. The molecule has 2 heterocycles. The molecule has 11 aromatic rings. The summed E-state index contributed by atoms with van der Waals surface area (Å²) in [4.78, 5) is 2.41. The van der Waals surface area contributed by atoms with Crippen LogP contribution in [0, 0.1) is 0 Å². The Hall–Kier alpha value is -8.08. The van der Waals surface area contributed by atoms with Gasteiger partial charge in [0.05, 0.1) is 5.52 Å². The van der Waals surface area contributed by atoms with E-state index in [-0.39, 0.29) is 27.1 Å². The Balaban J connectivity index is 1.08. The number of anilines is 5. The van der Waals surface area contributed by atoms with E-state index < -0.39 is 0 Å². The van der Waals surface area contributed by atoms with Gasteiger partial charge in [-0.25, -0.2) is 0 Å². The zero-order chi connectivity index (χ0) is 55.5. The van der Waals surface area contributed by atoms with E-state index in [9.17, 15) is 0 Å². The molecule has 1 aromatic heterocycles. The van der Waals surface area contributed by atoms with Crippen molar-refractivity contribution in [1.29, 1.82) is 0 Å². The molecule has 0 saturated heterocycles. The predicted molar refractivity (Wildman–Crippen MR) is 348 cm³/mol. The Morgan fingerprint density at radius 2 is 1.02 bits per heavy atom. The van der Waals surface area contributed by atoms with E-state index in [4.69, 9.17) is 0 Å². The van der Waals surface area contributed by atoms with Crippen LogP contribution in [0.1, 0.15) is 128 Å². The molecule has 398 valence electrons. The summed E-state index contributed by atoms with van der Waals surface area (Å²) < 4.78 is 2.72. The number of aromatic nitrogens is 1. The van der Waals surface area contributed by atoms with Crippen molar-refractivity contribution < 1.29 is 0 Å². The van der Waals surface area contributed by atoms with Gasteiger partial charge in [0.1, 0.15) is 0 Å². The molecule has 0 amide bonds. The van der Waals surface area contributed by atoms with Crippen LogP contribution in [0.4, 0.5) is 28.4 Å². The molecule has 0 saturated carbocycles. The smallest absolute Gasteiger partial charge is 0.198 e. The minimum Gasteiger partial charge on any atom is -0.355 e. The number of para-hydroxylation sites is 2. The first-order chi connectivity index (χ1) is 38.9. The zero-order valence-electron chi connectivity index (χ0n) is 48.9. The fourth-order valence-electron chi connectivity index (χ4n) is 15.5. The average Bonchev–Trinajstić information content (AvgIpc) is 2.54. The van der Waals surface area contributed by atoms with Crippen molar-refractivity contribution in [3.63, 3.8) is 0 Å². The second-order valence-corrected chi connectivity index (χ2v) is 27.4. The maximum atomic E-state index is 4.24. The fourth-order valence-corrected chi connectivity index (χ4v) is 15.5. The van der Waals surface area contributed by atoms with Crippen molar-refractivity contribution in [3.8, 4) is 39.1 Å². The molecule has 0 spiro atoms. The SMILES string of the molecule is CC1(C)CCC(C)(C)c2cc(Nc3cc(N(c4ccccc4)c4ccccc4)ccc3-c3cc(-c4cccc5c4-c4ccccc4C5(C)C)c4c5c6ccccc6ccc5n5c4c3Bc3cc4c(cc3-5)C(C)(C)CCC4(C)C)ccc21. The Labute approximate surface area is 480 Å². The van der Waals surface area contributed by atoms with Gasteiger partial charge in [-0.2, -0.15) is 0 Å². The molecule has 4 aliphatic rings. The van der Waals surface area contributed by atoms with E-state index >= 15 is 0 Å². The van der Waals surface area contributed by atoms with Crippen LogP contribution in [0.3, 0.4) is 0 Å². The lowest BCUT2D eigenvalue weighted by molar-refractivity contribution is 0.332. The monoisotopic (exact) mass is 1050 g/mol. The van der Waals surface area contributed by atoms with E-state index in [2.05, 4.69) is 278 Å². The molecule has 0 atom stereocenters. The van der Waals surface area contributed by atoms with Gasteiger partial charge in [-0.15, -0.1) is 0 Å². The summed E-state index contributed by atoms with van der Waals surface area (Å²) in [6.07, 6.45) is 4.66. The fraction of sp³-hybridized carbons (Fsp3) is 0.247. The van der Waals surface area contributed by atoms with E-state index in [1.165, 1.54) is 129 Å². The van der Waals surface area contributed by atoms with Crippen LogP contribution in [0.2, 0.25) is 0 Å². The number of benzene rings is 10. The van der Waals surface area contributed by atoms with Gasteiger partial charge >= 0.3 is 0 Å². The zero-order valence-corrected chi connectivity index (χ0v) is 48.9. The molecule has 3 aliphatic carbocycles. The van der Waals surface area contributed by atoms with Crippen molar-refractivity contribution in [2.24, 2.45) is 0 Å². The molecule has 3 nitrogen and oxygen atoms in total. The number of nitrogens with one attached hydrogen (secondary N) is 1. The lowest BCUT2D eigenvalue weighted by atomic mass is 9.55. The second-order valence-electron chi connectivity index (χ2n) is 27.4. The predicted octanol–water partition coefficient (Wildman–Crippen LogP) is 19.2. The highest BCUT2D eigenvalue weighted by atomic mass is 15.1. The Morgan fingerprint density at radius 1 is 0.420 bits per heavy atom. The van der Waals surface area contributed by atoms with E-state index in [1.54, 1.807) is 0 Å². The van der Waals surface area contributed by atoms with E-state index in [1.807, 2.05) is 0 Å². The van der Waals surface area contributed by atoms with Gasteiger partial charge in [-0.05, 0) is 192 Å². The Morgan fingerprint density at radius 3 is 1.74 bits per heavy atom. The number of nitrogens with zero attached hydrogens (tertiary/aromatic N) is 2. The first-order valence-corrected chi connectivity index (χ1v) is 29.8. The van der Waals surface area contributed by atoms with Crippen LogP contribution in [-0.2, 0) is 27.1 Å². The van der Waals surface area contributed by atoms with Crippen LogP contribution >= 0.6 is 0 Å². The van der Waals surface area contributed by atoms with Gasteiger partial charge < -0.3 is 14.8 Å². The van der Waals surface area contributed by atoms with Gasteiger partial charge in [0.15, 0.2) is 7.28 Å². The van der Waals surface area contributed by atoms with Gasteiger partial charge in [0.25, 0.3) is 0 Å². The third-order valence-corrected chi connectivity index (χ3v) is 20.3. The van der Waals surface area contributed by atoms with Gasteiger partial charge in [-0.3, -0.25) is 0 Å². The maximum Gasteiger partial charge on any atom is 0.198 e. The van der Waals surface area contributed by atoms with E-state index in [0.29, 0.717) is 0 Å². The molecule has 0 radical (unpaired) electrons. The first-order valence-electron chi connectivity index (χ1n) is 29.8. The van der Waals surface area contributed by atoms with Crippen molar-refractivity contribution in [2.45, 2.75) is 122 Å². The molecule has 15 rings (SSSR count). The molecule has 10 aromatic carbocycles. The highest BCUT2D eigenvalue weighted by Crippen LogP contribution is 2.56. The van der Waals surface area contributed by atoms with Gasteiger partial charge in [0, 0.05) is 61.4 Å². The summed E-state index contributed by atoms with van der Waals surface area (Å²) in [6.45, 7) is 24.5. The minimum absolute atomic E-state index is 0.0457. The first kappa shape index (κ1) is 49.9. The second kappa shape index (κ2) is 17.5. The van der Waals surface area contributed by atoms with Crippen molar-refractivity contribution >= 4 is 79.2 Å². The third-order valence-electron chi connectivity index (χ3n) is 20.3. The van der Waals surface area contributed by atoms with Crippen LogP contribution in [0.25, 0.3) is 71.6 Å². The molecule has 1 N–H and O–H groups in total. The highest BCUT2D eigenvalue weighted by Gasteiger charge is 2.42. The molecule has 0 unspecified atom stereocenters. The van der Waals surface area contributed by atoms with Crippen LogP contribution < -0.4 is 21.1 Å². The summed E-state index contributed by atoms with van der Waals surface area (Å²) >= 11 is 0. The van der Waals surface area contributed by atoms with Crippen molar-refractivity contribution in [2.75, 3.05) is 10.2 Å². The molecule has 1 aliphatic heterocycles. The topological polar surface area (TPSA) is 20.2 Å². The summed E-state index contributed by atoms with van der Waals surface area (Å²) in [5.74, 6) is 0. The molecular weight excluding hydrogens is 978 g/mol. The molecular formula is C77H72BN3. The lowest BCUT2D eigenvalue weighted by Crippen LogP contribution is -2.41. The third kappa shape index (κ3) is 7.47. The summed E-state index contributed by atoms with van der Waals surface area (Å²) in [5.41, 5.74) is 28.7. The summed E-state index contributed by atoms with van der Waals surface area (Å²) in [6, 6.07) is 74.4. The van der Waals surface area contributed by atoms with Gasteiger partial charge in [-0.1, -0.05) is 202 Å². The van der Waals surface area contributed by atoms with E-state index in [0.717, 1.165) is 48.6 Å². The lowest BCUT2D eigenvalue weighted by Gasteiger charge is -2.43. The molecule has 0 fully saturated rings. The standard InChI is InChI=1S/C77H72BN3/c1-73(2)38-39-74(3,4)61-42-48(33-36-59(61)73)79-65-43-51(80(49-23-13-11-14-24-49)50-25-15-12-16-26-50)34-35-53(65)57-44-56(54-29-21-31-60-68(54)55-28-19-20-30-58(55)77(60,9)10)70-69-52-27-18-17-22-47(52)32-37-66(69)81-67-46-63-62(45-64(67)78-71(57)72(70)81)75(5,6)40-41-76(63,7)8/h11-37,42-46,78-79H,38-41H2,1-10H3. The summed E-state index contributed by atoms with van der Waals surface area (Å²) in [5, 5.41) is 9.46. The number of hydrogen-bond donors (Lipinski definition) is 1. The molecule has 4 heteroatoms. The largest absolute Gasteiger partial charge is 0.355 e. The van der Waals surface area contributed by atoms with Crippen molar-refractivity contribution in [1.82, 2.24) is 4.57 Å². The minimum atomic E-state index is -0.163. The van der Waals surface area contributed by atoms with Crippen LogP contribution in [-0.4, -0.2) is 11.8 Å². The molecule has 0 bridgehead atoms. The number of fused-ring (bicyclic) bond motifs is 12. The van der Waals surface area contributed by atoms with Crippen molar-refractivity contribution in [3.05, 3.63) is 228 Å². The number of hydrogen-bond acceptors (Lipinski definition) is 2. The number of rotatable bonds is 7. The quantitative estimate of drug-likeness (QED) is 0.161. The van der Waals surface area contributed by atoms with Gasteiger partial charge in [0.2, 0.25) is 0 Å². The van der Waals surface area contributed by atoms with Crippen LogP contribution in [0.15, 0.2) is 194 Å².